The van der Waals surface area contributed by atoms with Crippen LogP contribution in [-0.2, 0) is 11.2 Å². The third kappa shape index (κ3) is 4.55. The molecule has 5 aromatic rings. The highest BCUT2D eigenvalue weighted by Crippen LogP contribution is 2.37. The summed E-state index contributed by atoms with van der Waals surface area (Å²) in [6, 6.07) is 15.6. The average Bonchev–Trinajstić information content (AvgIpc) is 3.56. The highest BCUT2D eigenvalue weighted by atomic mass is 16.5. The number of ether oxygens (including phenoxy) is 1. The third-order valence-corrected chi connectivity index (χ3v) is 8.52. The Kier molecular flexibility index (Phi) is 6.25. The van der Waals surface area contributed by atoms with E-state index in [1.807, 2.05) is 0 Å². The van der Waals surface area contributed by atoms with E-state index < -0.39 is 0 Å². The number of hydrogen-bond donors (Lipinski definition) is 2. The van der Waals surface area contributed by atoms with Gasteiger partial charge >= 0.3 is 0 Å². The lowest BCUT2D eigenvalue weighted by molar-refractivity contribution is 0.00520. The Morgan fingerprint density at radius 2 is 1.79 bits per heavy atom. The zero-order chi connectivity index (χ0) is 26.3. The second-order valence-electron chi connectivity index (χ2n) is 10.9. The van der Waals surface area contributed by atoms with Gasteiger partial charge in [-0.15, -0.1) is 0 Å². The van der Waals surface area contributed by atoms with Gasteiger partial charge in [-0.3, -0.25) is 4.90 Å². The molecule has 2 aliphatic rings. The lowest BCUT2D eigenvalue weighted by Gasteiger charge is -2.38. The standard InChI is InChI=1S/C30H34N8O/c1-19-4-2-3-5-20(19)17-26-34-24-11-6-21(16-25(24)35-26)28-27-29(31)32-18-33-30(27)38(36-28)23-9-7-22(8-10-23)37-12-14-39-15-13-37/h2-6,11,16,18,22-23H,7-10,12-15,17H2,1H3,(H,34,35)(H2,31,32,33). The van der Waals surface area contributed by atoms with Crippen LogP contribution in [0.1, 0.15) is 48.7 Å². The van der Waals surface area contributed by atoms with Gasteiger partial charge in [-0.1, -0.05) is 30.3 Å². The predicted octanol–water partition coefficient (Wildman–Crippen LogP) is 4.67. The van der Waals surface area contributed by atoms with Gasteiger partial charge in [-0.25, -0.2) is 19.6 Å². The number of nitrogens with one attached hydrogen (secondary N) is 1. The molecule has 200 valence electrons. The SMILES string of the molecule is Cc1ccccc1Cc1nc2ccc(-c3nn(C4CCC(N5CCOCC5)CC4)c4ncnc(N)c34)cc2[nH]1. The molecule has 2 aromatic carbocycles. The minimum Gasteiger partial charge on any atom is -0.383 e. The molecule has 1 aliphatic heterocycles. The fraction of sp³-hybridized carbons (Fsp3) is 0.400. The number of hydrogen-bond acceptors (Lipinski definition) is 7. The monoisotopic (exact) mass is 522 g/mol. The van der Waals surface area contributed by atoms with Gasteiger partial charge in [0.15, 0.2) is 5.65 Å². The van der Waals surface area contributed by atoms with Gasteiger partial charge in [0.25, 0.3) is 0 Å². The molecule has 0 spiro atoms. The van der Waals surface area contributed by atoms with Gasteiger partial charge in [0.05, 0.1) is 35.7 Å². The number of nitrogens with two attached hydrogens (primary N) is 1. The van der Waals surface area contributed by atoms with Crippen LogP contribution >= 0.6 is 0 Å². The van der Waals surface area contributed by atoms with Crippen molar-refractivity contribution < 1.29 is 4.74 Å². The predicted molar refractivity (Wildman–Crippen MR) is 152 cm³/mol. The summed E-state index contributed by atoms with van der Waals surface area (Å²) >= 11 is 0. The first-order valence-corrected chi connectivity index (χ1v) is 14.0. The molecule has 7 rings (SSSR count). The largest absolute Gasteiger partial charge is 0.383 e. The molecule has 0 radical (unpaired) electrons. The van der Waals surface area contributed by atoms with E-state index in [9.17, 15) is 0 Å². The molecule has 3 aromatic heterocycles. The number of imidazole rings is 1. The van der Waals surface area contributed by atoms with Crippen molar-refractivity contribution >= 4 is 27.9 Å². The first-order valence-electron chi connectivity index (χ1n) is 14.0. The van der Waals surface area contributed by atoms with Crippen molar-refractivity contribution in [3.05, 3.63) is 65.7 Å². The Labute approximate surface area is 227 Å². The Morgan fingerprint density at radius 3 is 2.62 bits per heavy atom. The fourth-order valence-corrected chi connectivity index (χ4v) is 6.34. The average molecular weight is 523 g/mol. The van der Waals surface area contributed by atoms with Crippen LogP contribution in [0.15, 0.2) is 48.8 Å². The molecule has 0 unspecified atom stereocenters. The van der Waals surface area contributed by atoms with Crippen molar-refractivity contribution in [3.8, 4) is 11.3 Å². The lowest BCUT2D eigenvalue weighted by Crippen LogP contribution is -2.45. The van der Waals surface area contributed by atoms with E-state index >= 15 is 0 Å². The molecule has 0 bridgehead atoms. The molecule has 4 heterocycles. The van der Waals surface area contributed by atoms with E-state index in [4.69, 9.17) is 20.6 Å². The van der Waals surface area contributed by atoms with Crippen molar-refractivity contribution in [2.75, 3.05) is 32.0 Å². The van der Waals surface area contributed by atoms with Crippen LogP contribution in [0.3, 0.4) is 0 Å². The fourth-order valence-electron chi connectivity index (χ4n) is 6.34. The molecule has 39 heavy (non-hydrogen) atoms. The van der Waals surface area contributed by atoms with Crippen molar-refractivity contribution in [3.63, 3.8) is 0 Å². The number of nitrogen functional groups attached to an aromatic ring is 1. The van der Waals surface area contributed by atoms with Crippen LogP contribution in [0.4, 0.5) is 5.82 Å². The Bertz CT molecular complexity index is 1630. The molecule has 2 fully saturated rings. The second-order valence-corrected chi connectivity index (χ2v) is 10.9. The molecule has 3 N–H and O–H groups in total. The molecule has 9 nitrogen and oxygen atoms in total. The highest BCUT2D eigenvalue weighted by molar-refractivity contribution is 5.99. The third-order valence-electron chi connectivity index (χ3n) is 8.52. The number of anilines is 1. The summed E-state index contributed by atoms with van der Waals surface area (Å²) in [6.07, 6.45) is 6.78. The molecule has 1 saturated heterocycles. The van der Waals surface area contributed by atoms with Crippen molar-refractivity contribution in [1.82, 2.24) is 34.6 Å². The number of aryl methyl sites for hydroxylation is 1. The Morgan fingerprint density at radius 1 is 1.00 bits per heavy atom. The van der Waals surface area contributed by atoms with Gasteiger partial charge in [0.1, 0.15) is 23.7 Å². The number of rotatable bonds is 5. The zero-order valence-corrected chi connectivity index (χ0v) is 22.3. The maximum absolute atomic E-state index is 6.43. The molecular formula is C30H34N8O. The summed E-state index contributed by atoms with van der Waals surface area (Å²) in [6.45, 7) is 5.90. The molecule has 0 amide bonds. The summed E-state index contributed by atoms with van der Waals surface area (Å²) in [7, 11) is 0. The number of benzene rings is 2. The topological polar surface area (TPSA) is 111 Å². The van der Waals surface area contributed by atoms with E-state index in [1.165, 1.54) is 11.1 Å². The number of aromatic amines is 1. The van der Waals surface area contributed by atoms with E-state index in [-0.39, 0.29) is 0 Å². The van der Waals surface area contributed by atoms with Crippen molar-refractivity contribution in [2.24, 2.45) is 0 Å². The van der Waals surface area contributed by atoms with Gasteiger partial charge < -0.3 is 15.5 Å². The van der Waals surface area contributed by atoms with Crippen LogP contribution in [0.25, 0.3) is 33.3 Å². The zero-order valence-electron chi connectivity index (χ0n) is 22.3. The highest BCUT2D eigenvalue weighted by Gasteiger charge is 2.30. The summed E-state index contributed by atoms with van der Waals surface area (Å²) in [5, 5.41) is 5.97. The molecule has 9 heteroatoms. The smallest absolute Gasteiger partial charge is 0.164 e. The number of H-pyrrole nitrogens is 1. The number of morpholine rings is 1. The molecule has 0 atom stereocenters. The van der Waals surface area contributed by atoms with E-state index in [0.29, 0.717) is 17.9 Å². The van der Waals surface area contributed by atoms with E-state index in [2.05, 4.69) is 73.9 Å². The quantitative estimate of drug-likeness (QED) is 0.345. The lowest BCUT2D eigenvalue weighted by atomic mass is 9.90. The second kappa shape index (κ2) is 10.1. The van der Waals surface area contributed by atoms with Gasteiger partial charge in [-0.2, -0.15) is 5.10 Å². The molecule has 1 saturated carbocycles. The van der Waals surface area contributed by atoms with Crippen LogP contribution in [0, 0.1) is 6.92 Å². The minimum absolute atomic E-state index is 0.296. The summed E-state index contributed by atoms with van der Waals surface area (Å²) in [5.74, 6) is 1.42. The van der Waals surface area contributed by atoms with Gasteiger partial charge in [0, 0.05) is 31.1 Å². The number of aromatic nitrogens is 6. The van der Waals surface area contributed by atoms with Crippen LogP contribution < -0.4 is 5.73 Å². The summed E-state index contributed by atoms with van der Waals surface area (Å²) < 4.78 is 7.67. The van der Waals surface area contributed by atoms with E-state index in [1.54, 1.807) is 6.33 Å². The summed E-state index contributed by atoms with van der Waals surface area (Å²) in [4.78, 5) is 19.9. The Hall–Kier alpha value is -3.82. The van der Waals surface area contributed by atoms with Crippen LogP contribution in [0.2, 0.25) is 0 Å². The molecular weight excluding hydrogens is 488 g/mol. The minimum atomic E-state index is 0.296. The first-order chi connectivity index (χ1) is 19.1. The Balaban J connectivity index is 1.19. The maximum Gasteiger partial charge on any atom is 0.164 e. The maximum atomic E-state index is 6.43. The van der Waals surface area contributed by atoms with Crippen LogP contribution in [0.5, 0.6) is 0 Å². The van der Waals surface area contributed by atoms with E-state index in [0.717, 1.165) is 97.6 Å². The normalized spacial score (nSPS) is 20.6. The number of fused-ring (bicyclic) bond motifs is 2. The molecule has 1 aliphatic carbocycles. The van der Waals surface area contributed by atoms with Crippen molar-refractivity contribution in [1.29, 1.82) is 0 Å². The van der Waals surface area contributed by atoms with Gasteiger partial charge in [0.2, 0.25) is 0 Å². The first kappa shape index (κ1) is 24.2. The summed E-state index contributed by atoms with van der Waals surface area (Å²) in [5.41, 5.74) is 13.5. The van der Waals surface area contributed by atoms with Crippen LogP contribution in [-0.4, -0.2) is 67.0 Å². The van der Waals surface area contributed by atoms with Crippen molar-refractivity contribution in [2.45, 2.75) is 51.1 Å². The number of nitrogens with zero attached hydrogens (tertiary/aromatic N) is 6. The van der Waals surface area contributed by atoms with Gasteiger partial charge in [-0.05, 0) is 55.9 Å².